The minimum atomic E-state index is -0.649. The van der Waals surface area contributed by atoms with E-state index in [9.17, 15) is 5.11 Å². The van der Waals surface area contributed by atoms with Gasteiger partial charge in [-0.2, -0.15) is 0 Å². The van der Waals surface area contributed by atoms with Gasteiger partial charge in [0.2, 0.25) is 5.88 Å². The molecule has 18 heavy (non-hydrogen) atoms. The van der Waals surface area contributed by atoms with Crippen molar-refractivity contribution in [3.8, 4) is 5.88 Å². The second-order valence-electron chi connectivity index (χ2n) is 4.15. The molecule has 4 heteroatoms. The summed E-state index contributed by atoms with van der Waals surface area (Å²) in [6.45, 7) is 2.03. The van der Waals surface area contributed by atoms with Crippen molar-refractivity contribution in [2.75, 3.05) is 7.11 Å². The highest BCUT2D eigenvalue weighted by molar-refractivity contribution is 5.27. The third-order valence-corrected chi connectivity index (χ3v) is 2.89. The lowest BCUT2D eigenvalue weighted by atomic mass is 10.0. The Bertz CT molecular complexity index is 511. The molecule has 0 amide bonds. The van der Waals surface area contributed by atoms with Crippen LogP contribution in [0.2, 0.25) is 0 Å². The molecule has 4 nitrogen and oxygen atoms in total. The number of benzene rings is 1. The van der Waals surface area contributed by atoms with E-state index in [2.05, 4.69) is 10.2 Å². The van der Waals surface area contributed by atoms with Crippen molar-refractivity contribution in [3.05, 3.63) is 53.2 Å². The molecule has 0 aliphatic rings. The molecule has 0 spiro atoms. The number of nitrogens with zero attached hydrogens (tertiary/aromatic N) is 2. The number of rotatable bonds is 4. The summed E-state index contributed by atoms with van der Waals surface area (Å²) in [5, 5.41) is 17.9. The molecule has 0 radical (unpaired) electrons. The van der Waals surface area contributed by atoms with Crippen LogP contribution in [0, 0.1) is 6.92 Å². The average Bonchev–Trinajstić information content (AvgIpc) is 2.41. The number of aliphatic hydroxyl groups is 1. The first-order chi connectivity index (χ1) is 8.70. The Morgan fingerprint density at radius 3 is 2.56 bits per heavy atom. The Morgan fingerprint density at radius 2 is 1.94 bits per heavy atom. The van der Waals surface area contributed by atoms with Gasteiger partial charge in [-0.1, -0.05) is 24.3 Å². The Morgan fingerprint density at radius 1 is 1.17 bits per heavy atom. The number of hydrogen-bond donors (Lipinski definition) is 1. The predicted molar refractivity (Wildman–Crippen MR) is 68.4 cm³/mol. The molecule has 0 aliphatic carbocycles. The van der Waals surface area contributed by atoms with Crippen LogP contribution in [-0.2, 0) is 6.42 Å². The molecule has 2 rings (SSSR count). The Balaban J connectivity index is 2.11. The molecular formula is C14H16N2O2. The Kier molecular flexibility index (Phi) is 3.89. The summed E-state index contributed by atoms with van der Waals surface area (Å²) in [4.78, 5) is 0. The predicted octanol–water partition coefficient (Wildman–Crippen LogP) is 2.07. The summed E-state index contributed by atoms with van der Waals surface area (Å²) in [5.41, 5.74) is 2.83. The lowest BCUT2D eigenvalue weighted by Crippen LogP contribution is -2.06. The van der Waals surface area contributed by atoms with E-state index in [1.165, 1.54) is 7.11 Å². The van der Waals surface area contributed by atoms with E-state index in [0.29, 0.717) is 18.0 Å². The van der Waals surface area contributed by atoms with E-state index < -0.39 is 6.10 Å². The first-order valence-corrected chi connectivity index (χ1v) is 5.81. The zero-order chi connectivity index (χ0) is 13.0. The van der Waals surface area contributed by atoms with Crippen LogP contribution in [0.5, 0.6) is 5.88 Å². The fraction of sp³-hybridized carbons (Fsp3) is 0.286. The minimum absolute atomic E-state index is 0.446. The Labute approximate surface area is 106 Å². The van der Waals surface area contributed by atoms with Crippen LogP contribution in [0.25, 0.3) is 0 Å². The maximum Gasteiger partial charge on any atom is 0.233 e. The average molecular weight is 244 g/mol. The van der Waals surface area contributed by atoms with Gasteiger partial charge in [0, 0.05) is 12.5 Å². The molecule has 1 aromatic carbocycles. The molecule has 2 aromatic rings. The highest BCUT2D eigenvalue weighted by Gasteiger charge is 2.12. The van der Waals surface area contributed by atoms with Gasteiger partial charge in [-0.25, -0.2) is 0 Å². The summed E-state index contributed by atoms with van der Waals surface area (Å²) >= 11 is 0. The maximum absolute atomic E-state index is 10.1. The quantitative estimate of drug-likeness (QED) is 0.894. The van der Waals surface area contributed by atoms with Crippen molar-refractivity contribution in [1.29, 1.82) is 0 Å². The summed E-state index contributed by atoms with van der Waals surface area (Å²) in [6.07, 6.45) is -0.113. The van der Waals surface area contributed by atoms with Gasteiger partial charge in [-0.15, -0.1) is 10.2 Å². The molecule has 1 unspecified atom stereocenters. The van der Waals surface area contributed by atoms with Crippen LogP contribution < -0.4 is 4.74 Å². The van der Waals surface area contributed by atoms with Crippen LogP contribution in [0.3, 0.4) is 0 Å². The lowest BCUT2D eigenvalue weighted by molar-refractivity contribution is 0.171. The van der Waals surface area contributed by atoms with Crippen molar-refractivity contribution >= 4 is 0 Å². The van der Waals surface area contributed by atoms with E-state index in [-0.39, 0.29) is 0 Å². The van der Waals surface area contributed by atoms with Crippen molar-refractivity contribution in [2.45, 2.75) is 19.4 Å². The van der Waals surface area contributed by atoms with E-state index in [0.717, 1.165) is 11.1 Å². The van der Waals surface area contributed by atoms with E-state index >= 15 is 0 Å². The van der Waals surface area contributed by atoms with Crippen molar-refractivity contribution < 1.29 is 9.84 Å². The van der Waals surface area contributed by atoms with Gasteiger partial charge in [0.15, 0.2) is 0 Å². The molecule has 0 bridgehead atoms. The van der Waals surface area contributed by atoms with E-state index in [1.54, 1.807) is 12.1 Å². The smallest absolute Gasteiger partial charge is 0.233 e. The molecule has 0 aliphatic heterocycles. The fourth-order valence-electron chi connectivity index (χ4n) is 1.77. The van der Waals surface area contributed by atoms with Gasteiger partial charge in [0.25, 0.3) is 0 Å². The second-order valence-corrected chi connectivity index (χ2v) is 4.15. The zero-order valence-corrected chi connectivity index (χ0v) is 10.5. The summed E-state index contributed by atoms with van der Waals surface area (Å²) in [7, 11) is 1.54. The first-order valence-electron chi connectivity index (χ1n) is 5.81. The van der Waals surface area contributed by atoms with Crippen molar-refractivity contribution in [2.24, 2.45) is 0 Å². The van der Waals surface area contributed by atoms with Gasteiger partial charge >= 0.3 is 0 Å². The molecule has 1 aromatic heterocycles. The molecule has 0 saturated heterocycles. The topological polar surface area (TPSA) is 55.2 Å². The van der Waals surface area contributed by atoms with Crippen LogP contribution in [0.1, 0.15) is 22.9 Å². The number of methoxy groups -OCH3 is 1. The van der Waals surface area contributed by atoms with E-state index in [1.807, 2.05) is 31.2 Å². The highest BCUT2D eigenvalue weighted by Crippen LogP contribution is 2.19. The number of aromatic nitrogens is 2. The number of hydrogen-bond acceptors (Lipinski definition) is 4. The van der Waals surface area contributed by atoms with Gasteiger partial charge < -0.3 is 9.84 Å². The molecule has 1 heterocycles. The summed E-state index contributed by atoms with van der Waals surface area (Å²) in [6, 6.07) is 11.4. The number of aliphatic hydroxyl groups excluding tert-OH is 1. The maximum atomic E-state index is 10.1. The molecule has 1 atom stereocenters. The molecule has 1 N–H and O–H groups in total. The highest BCUT2D eigenvalue weighted by atomic mass is 16.5. The third-order valence-electron chi connectivity index (χ3n) is 2.89. The first kappa shape index (κ1) is 12.5. The third kappa shape index (κ3) is 2.84. The molecule has 0 saturated carbocycles. The number of aryl methyl sites for hydroxylation is 1. The Hall–Kier alpha value is -1.94. The van der Waals surface area contributed by atoms with Crippen LogP contribution in [0.15, 0.2) is 36.4 Å². The largest absolute Gasteiger partial charge is 0.480 e. The minimum Gasteiger partial charge on any atom is -0.480 e. The van der Waals surface area contributed by atoms with Crippen LogP contribution in [-0.4, -0.2) is 22.4 Å². The van der Waals surface area contributed by atoms with Gasteiger partial charge in [-0.05, 0) is 24.1 Å². The van der Waals surface area contributed by atoms with Crippen LogP contribution >= 0.6 is 0 Å². The SMILES string of the molecule is COc1ccc(C(O)Cc2ccccc2C)nn1. The molecular weight excluding hydrogens is 228 g/mol. The number of ether oxygens (including phenoxy) is 1. The summed E-state index contributed by atoms with van der Waals surface area (Å²) in [5.74, 6) is 0.446. The van der Waals surface area contributed by atoms with Crippen molar-refractivity contribution in [3.63, 3.8) is 0 Å². The van der Waals surface area contributed by atoms with E-state index in [4.69, 9.17) is 4.74 Å². The second kappa shape index (κ2) is 5.60. The van der Waals surface area contributed by atoms with Gasteiger partial charge in [0.1, 0.15) is 6.10 Å². The van der Waals surface area contributed by atoms with Gasteiger partial charge in [0.05, 0.1) is 12.8 Å². The normalized spacial score (nSPS) is 12.2. The lowest BCUT2D eigenvalue weighted by Gasteiger charge is -2.11. The monoisotopic (exact) mass is 244 g/mol. The molecule has 94 valence electrons. The zero-order valence-electron chi connectivity index (χ0n) is 10.5. The standard InChI is InChI=1S/C14H16N2O2/c1-10-5-3-4-6-11(10)9-13(17)12-7-8-14(18-2)16-15-12/h3-8,13,17H,9H2,1-2H3. The summed E-state index contributed by atoms with van der Waals surface area (Å²) < 4.78 is 4.93. The fourth-order valence-corrected chi connectivity index (χ4v) is 1.77. The van der Waals surface area contributed by atoms with Crippen molar-refractivity contribution in [1.82, 2.24) is 10.2 Å². The van der Waals surface area contributed by atoms with Crippen LogP contribution in [0.4, 0.5) is 0 Å². The molecule has 0 fully saturated rings. The van der Waals surface area contributed by atoms with Gasteiger partial charge in [-0.3, -0.25) is 0 Å².